The van der Waals surface area contributed by atoms with E-state index >= 15 is 0 Å². The molecule has 6 heteroatoms. The van der Waals surface area contributed by atoms with Gasteiger partial charge in [0.25, 0.3) is 0 Å². The highest BCUT2D eigenvalue weighted by Crippen LogP contribution is 2.18. The van der Waals surface area contributed by atoms with E-state index in [0.29, 0.717) is 23.0 Å². The lowest BCUT2D eigenvalue weighted by Gasteiger charge is -2.16. The molecule has 2 unspecified atom stereocenters. The minimum Gasteiger partial charge on any atom is -0.390 e. The van der Waals surface area contributed by atoms with Crippen LogP contribution in [0, 0.1) is 0 Å². The molecule has 15 heavy (non-hydrogen) atoms. The molecule has 84 valence electrons. The number of halogens is 1. The van der Waals surface area contributed by atoms with Gasteiger partial charge >= 0.3 is 0 Å². The number of alkyl halides is 1. The third-order valence-corrected chi connectivity index (χ3v) is 2.74. The van der Waals surface area contributed by atoms with E-state index < -0.39 is 12.2 Å². The van der Waals surface area contributed by atoms with Gasteiger partial charge in [-0.1, -0.05) is 11.8 Å². The number of thioether (sulfide) groups is 1. The first-order valence-corrected chi connectivity index (χ1v) is 6.23. The van der Waals surface area contributed by atoms with Crippen LogP contribution in [0.25, 0.3) is 0 Å². The minimum atomic E-state index is -0.973. The smallest absolute Gasteiger partial charge is 0.187 e. The molecule has 0 aliphatic rings. The summed E-state index contributed by atoms with van der Waals surface area (Å²) in [4.78, 5) is 8.02. The zero-order chi connectivity index (χ0) is 11.3. The fourth-order valence-electron chi connectivity index (χ4n) is 1.08. The van der Waals surface area contributed by atoms with Crippen LogP contribution in [0.1, 0.15) is 18.1 Å². The monoisotopic (exact) mass is 248 g/mol. The molecule has 0 amide bonds. The van der Waals surface area contributed by atoms with E-state index in [1.807, 2.05) is 6.26 Å². The molecule has 2 atom stereocenters. The Morgan fingerprint density at radius 2 is 2.00 bits per heavy atom. The number of aliphatic hydroxyl groups excluding tert-OH is 2. The molecule has 4 nitrogen and oxygen atoms in total. The Morgan fingerprint density at radius 1 is 1.40 bits per heavy atom. The van der Waals surface area contributed by atoms with Crippen LogP contribution in [0.4, 0.5) is 0 Å². The highest BCUT2D eigenvalue weighted by atomic mass is 35.5. The Morgan fingerprint density at radius 3 is 2.47 bits per heavy atom. The molecule has 1 aromatic heterocycles. The second kappa shape index (κ2) is 6.27. The van der Waals surface area contributed by atoms with E-state index in [-0.39, 0.29) is 0 Å². The van der Waals surface area contributed by atoms with Crippen LogP contribution >= 0.6 is 23.4 Å². The standard InChI is InChI=1S/C9H13ClN2O2S/c1-15-9-11-4-6(5-12-9)8(14)7(13)2-3-10/h4-5,7-8,13-14H,2-3H2,1H3. The number of hydrogen-bond donors (Lipinski definition) is 2. The summed E-state index contributed by atoms with van der Waals surface area (Å²) in [5.41, 5.74) is 0.505. The van der Waals surface area contributed by atoms with Gasteiger partial charge in [0.15, 0.2) is 5.16 Å². The van der Waals surface area contributed by atoms with E-state index in [1.54, 1.807) is 0 Å². The first-order valence-electron chi connectivity index (χ1n) is 4.47. The predicted octanol–water partition coefficient (Wildman–Crippen LogP) is 1.22. The number of aromatic nitrogens is 2. The second-order valence-electron chi connectivity index (χ2n) is 2.99. The maximum Gasteiger partial charge on any atom is 0.187 e. The highest BCUT2D eigenvalue weighted by Gasteiger charge is 2.18. The first-order chi connectivity index (χ1) is 7.19. The average Bonchev–Trinajstić information content (AvgIpc) is 2.28. The largest absolute Gasteiger partial charge is 0.390 e. The molecule has 0 saturated carbocycles. The summed E-state index contributed by atoms with van der Waals surface area (Å²) in [7, 11) is 0. The van der Waals surface area contributed by atoms with Crippen LogP contribution in [0.5, 0.6) is 0 Å². The molecular weight excluding hydrogens is 236 g/mol. The van der Waals surface area contributed by atoms with E-state index in [0.717, 1.165) is 0 Å². The summed E-state index contributed by atoms with van der Waals surface area (Å²) in [5.74, 6) is 0.308. The molecule has 0 radical (unpaired) electrons. The first kappa shape index (κ1) is 12.7. The van der Waals surface area contributed by atoms with Gasteiger partial charge in [-0.25, -0.2) is 9.97 Å². The molecule has 2 N–H and O–H groups in total. The second-order valence-corrected chi connectivity index (χ2v) is 4.14. The Balaban J connectivity index is 2.69. The highest BCUT2D eigenvalue weighted by molar-refractivity contribution is 7.98. The molecule has 1 rings (SSSR count). The molecular formula is C9H13ClN2O2S. The fraction of sp³-hybridized carbons (Fsp3) is 0.556. The number of aliphatic hydroxyl groups is 2. The molecule has 0 bridgehead atoms. The van der Waals surface area contributed by atoms with Crippen LogP contribution in [0.2, 0.25) is 0 Å². The van der Waals surface area contributed by atoms with E-state index in [2.05, 4.69) is 9.97 Å². The van der Waals surface area contributed by atoms with Gasteiger partial charge in [-0.15, -0.1) is 11.6 Å². The van der Waals surface area contributed by atoms with E-state index in [1.165, 1.54) is 24.2 Å². The zero-order valence-electron chi connectivity index (χ0n) is 8.30. The van der Waals surface area contributed by atoms with Gasteiger partial charge in [-0.2, -0.15) is 0 Å². The lowest BCUT2D eigenvalue weighted by molar-refractivity contribution is 0.0165. The summed E-state index contributed by atoms with van der Waals surface area (Å²) in [6.45, 7) is 0. The summed E-state index contributed by atoms with van der Waals surface area (Å²) in [6.07, 6.45) is 3.40. The summed E-state index contributed by atoms with van der Waals surface area (Å²) in [6, 6.07) is 0. The van der Waals surface area contributed by atoms with Crippen molar-refractivity contribution >= 4 is 23.4 Å². The number of rotatable bonds is 5. The maximum absolute atomic E-state index is 9.69. The van der Waals surface area contributed by atoms with Crippen LogP contribution in [-0.4, -0.2) is 38.4 Å². The van der Waals surface area contributed by atoms with Gasteiger partial charge in [0.1, 0.15) is 6.10 Å². The summed E-state index contributed by atoms with van der Waals surface area (Å²) >= 11 is 6.89. The Kier molecular flexibility index (Phi) is 5.31. The molecule has 0 aliphatic heterocycles. The lowest BCUT2D eigenvalue weighted by atomic mass is 10.1. The van der Waals surface area contributed by atoms with Gasteiger partial charge in [0, 0.05) is 23.8 Å². The lowest BCUT2D eigenvalue weighted by Crippen LogP contribution is -2.19. The SMILES string of the molecule is CSc1ncc(C(O)C(O)CCCl)cn1. The predicted molar refractivity (Wildman–Crippen MR) is 60.1 cm³/mol. The molecule has 1 heterocycles. The number of nitrogens with zero attached hydrogens (tertiary/aromatic N) is 2. The quantitative estimate of drug-likeness (QED) is 0.466. The van der Waals surface area contributed by atoms with Crippen LogP contribution < -0.4 is 0 Å². The normalized spacial score (nSPS) is 14.9. The zero-order valence-corrected chi connectivity index (χ0v) is 9.87. The van der Waals surface area contributed by atoms with Crippen LogP contribution in [-0.2, 0) is 0 Å². The van der Waals surface area contributed by atoms with Crippen molar-refractivity contribution in [1.29, 1.82) is 0 Å². The Labute approximate surface area is 97.7 Å². The van der Waals surface area contributed by atoms with Gasteiger partial charge in [0.05, 0.1) is 6.10 Å². The summed E-state index contributed by atoms with van der Waals surface area (Å²) in [5, 5.41) is 19.8. The molecule has 0 aliphatic carbocycles. The third-order valence-electron chi connectivity index (χ3n) is 1.94. The topological polar surface area (TPSA) is 66.2 Å². The Hall–Kier alpha value is -0.360. The van der Waals surface area contributed by atoms with E-state index in [4.69, 9.17) is 11.6 Å². The van der Waals surface area contributed by atoms with Crippen molar-refractivity contribution in [1.82, 2.24) is 9.97 Å². The van der Waals surface area contributed by atoms with Crippen molar-refractivity contribution in [2.45, 2.75) is 23.8 Å². The van der Waals surface area contributed by atoms with Crippen molar-refractivity contribution in [3.05, 3.63) is 18.0 Å². The Bertz CT molecular complexity index is 297. The minimum absolute atomic E-state index is 0.308. The fourth-order valence-corrected chi connectivity index (χ4v) is 1.62. The van der Waals surface area contributed by atoms with Crippen molar-refractivity contribution in [3.8, 4) is 0 Å². The van der Waals surface area contributed by atoms with Crippen molar-refractivity contribution in [2.24, 2.45) is 0 Å². The van der Waals surface area contributed by atoms with Crippen molar-refractivity contribution in [3.63, 3.8) is 0 Å². The van der Waals surface area contributed by atoms with Crippen LogP contribution in [0.3, 0.4) is 0 Å². The molecule has 0 saturated heterocycles. The van der Waals surface area contributed by atoms with Gasteiger partial charge in [0.2, 0.25) is 0 Å². The van der Waals surface area contributed by atoms with Gasteiger partial charge in [-0.3, -0.25) is 0 Å². The molecule has 1 aromatic rings. The summed E-state index contributed by atoms with van der Waals surface area (Å²) < 4.78 is 0. The van der Waals surface area contributed by atoms with Crippen molar-refractivity contribution in [2.75, 3.05) is 12.1 Å². The van der Waals surface area contributed by atoms with Gasteiger partial charge in [-0.05, 0) is 12.7 Å². The third kappa shape index (κ3) is 3.61. The van der Waals surface area contributed by atoms with Gasteiger partial charge < -0.3 is 10.2 Å². The number of hydrogen-bond acceptors (Lipinski definition) is 5. The van der Waals surface area contributed by atoms with Crippen molar-refractivity contribution < 1.29 is 10.2 Å². The molecule has 0 fully saturated rings. The molecule has 0 spiro atoms. The van der Waals surface area contributed by atoms with E-state index in [9.17, 15) is 10.2 Å². The average molecular weight is 249 g/mol. The van der Waals surface area contributed by atoms with Crippen LogP contribution in [0.15, 0.2) is 17.6 Å². The molecule has 0 aromatic carbocycles. The maximum atomic E-state index is 9.69.